The highest BCUT2D eigenvalue weighted by atomic mass is 35.5. The van der Waals surface area contributed by atoms with Gasteiger partial charge in [-0.1, -0.05) is 23.7 Å². The van der Waals surface area contributed by atoms with Gasteiger partial charge in [-0.05, 0) is 18.6 Å². The maximum Gasteiger partial charge on any atom is 0.223 e. The summed E-state index contributed by atoms with van der Waals surface area (Å²) >= 11 is 6.03. The van der Waals surface area contributed by atoms with Gasteiger partial charge >= 0.3 is 0 Å². The highest BCUT2D eigenvalue weighted by Crippen LogP contribution is 2.28. The van der Waals surface area contributed by atoms with E-state index in [0.717, 1.165) is 37.3 Å². The number of hydrogen-bond donors (Lipinski definition) is 1. The standard InChI is InChI=1S/C18H23ClN4O2/c1-25-11-13-9-20-18(13)23-10-15(22-8-2-3-16(22)24)17(21-23)12-4-6-14(19)7-5-12/h4-7,13,15,18,20H,2-3,8-11H2,1H3. The molecule has 1 aromatic rings. The van der Waals surface area contributed by atoms with Gasteiger partial charge in [0.15, 0.2) is 0 Å². The molecular weight excluding hydrogens is 340 g/mol. The van der Waals surface area contributed by atoms with E-state index in [1.165, 1.54) is 0 Å². The van der Waals surface area contributed by atoms with Crippen LogP contribution < -0.4 is 5.32 Å². The third-order valence-corrected chi connectivity index (χ3v) is 5.53. The Labute approximate surface area is 152 Å². The summed E-state index contributed by atoms with van der Waals surface area (Å²) in [5, 5.41) is 11.1. The second-order valence-electron chi connectivity index (χ2n) is 6.89. The number of ether oxygens (including phenoxy) is 1. The normalized spacial score (nSPS) is 29.1. The molecule has 0 radical (unpaired) electrons. The molecule has 1 N–H and O–H groups in total. The molecule has 0 aromatic heterocycles. The van der Waals surface area contributed by atoms with Crippen molar-refractivity contribution >= 4 is 23.2 Å². The smallest absolute Gasteiger partial charge is 0.223 e. The van der Waals surface area contributed by atoms with Crippen LogP contribution in [-0.2, 0) is 9.53 Å². The molecule has 3 aliphatic rings. The van der Waals surface area contributed by atoms with Crippen molar-refractivity contribution in [3.05, 3.63) is 34.9 Å². The van der Waals surface area contributed by atoms with E-state index < -0.39 is 0 Å². The van der Waals surface area contributed by atoms with Crippen molar-refractivity contribution in [3.63, 3.8) is 0 Å². The highest BCUT2D eigenvalue weighted by Gasteiger charge is 2.43. The average Bonchev–Trinajstić information content (AvgIpc) is 3.18. The zero-order chi connectivity index (χ0) is 17.4. The van der Waals surface area contributed by atoms with E-state index >= 15 is 0 Å². The maximum absolute atomic E-state index is 12.3. The van der Waals surface area contributed by atoms with Crippen molar-refractivity contribution in [1.29, 1.82) is 0 Å². The Balaban J connectivity index is 1.61. The fraction of sp³-hybridized carbons (Fsp3) is 0.556. The minimum Gasteiger partial charge on any atom is -0.384 e. The molecule has 3 aliphatic heterocycles. The minimum absolute atomic E-state index is 0.00164. The maximum atomic E-state index is 12.3. The van der Waals surface area contributed by atoms with Crippen LogP contribution in [0.4, 0.5) is 0 Å². The summed E-state index contributed by atoms with van der Waals surface area (Å²) in [5.41, 5.74) is 1.98. The van der Waals surface area contributed by atoms with Crippen LogP contribution in [0, 0.1) is 5.92 Å². The highest BCUT2D eigenvalue weighted by molar-refractivity contribution is 6.30. The summed E-state index contributed by atoms with van der Waals surface area (Å²) in [6.45, 7) is 3.19. The van der Waals surface area contributed by atoms with E-state index in [1.54, 1.807) is 7.11 Å². The number of carbonyl (C=O) groups excluding carboxylic acids is 1. The zero-order valence-electron chi connectivity index (χ0n) is 14.3. The predicted octanol–water partition coefficient (Wildman–Crippen LogP) is 1.54. The molecule has 3 unspecified atom stereocenters. The summed E-state index contributed by atoms with van der Waals surface area (Å²) in [7, 11) is 1.73. The van der Waals surface area contributed by atoms with Gasteiger partial charge in [0.1, 0.15) is 6.17 Å². The van der Waals surface area contributed by atoms with Gasteiger partial charge in [-0.3, -0.25) is 15.1 Å². The lowest BCUT2D eigenvalue weighted by molar-refractivity contribution is -0.128. The Morgan fingerprint density at radius 2 is 2.16 bits per heavy atom. The molecule has 2 fully saturated rings. The first-order valence-electron chi connectivity index (χ1n) is 8.80. The van der Waals surface area contributed by atoms with Crippen molar-refractivity contribution in [2.75, 3.05) is 33.4 Å². The summed E-state index contributed by atoms with van der Waals surface area (Å²) < 4.78 is 5.31. The molecule has 0 saturated carbocycles. The number of nitrogens with one attached hydrogen (secondary N) is 1. The molecule has 0 spiro atoms. The molecule has 6 nitrogen and oxygen atoms in total. The first-order valence-corrected chi connectivity index (χ1v) is 9.18. The van der Waals surface area contributed by atoms with Crippen LogP contribution in [0.5, 0.6) is 0 Å². The first-order chi connectivity index (χ1) is 12.2. The number of benzene rings is 1. The van der Waals surface area contributed by atoms with Gasteiger partial charge in [-0.2, -0.15) is 5.10 Å². The molecule has 2 saturated heterocycles. The number of nitrogens with zero attached hydrogens (tertiary/aromatic N) is 3. The molecule has 134 valence electrons. The van der Waals surface area contributed by atoms with Crippen LogP contribution in [0.25, 0.3) is 0 Å². The lowest BCUT2D eigenvalue weighted by atomic mass is 9.98. The fourth-order valence-electron chi connectivity index (χ4n) is 3.90. The van der Waals surface area contributed by atoms with Crippen molar-refractivity contribution in [1.82, 2.24) is 15.2 Å². The Kier molecular flexibility index (Phi) is 4.67. The van der Waals surface area contributed by atoms with Crippen LogP contribution in [0.2, 0.25) is 5.02 Å². The van der Waals surface area contributed by atoms with Gasteiger partial charge in [0.05, 0.1) is 24.9 Å². The number of likely N-dealkylation sites (tertiary alicyclic amines) is 1. The second kappa shape index (κ2) is 6.94. The summed E-state index contributed by atoms with van der Waals surface area (Å²) in [4.78, 5) is 14.3. The van der Waals surface area contributed by atoms with Gasteiger partial charge in [0, 0.05) is 43.1 Å². The third-order valence-electron chi connectivity index (χ3n) is 5.28. The Morgan fingerprint density at radius 3 is 2.76 bits per heavy atom. The molecule has 3 heterocycles. The van der Waals surface area contributed by atoms with E-state index in [9.17, 15) is 4.79 Å². The van der Waals surface area contributed by atoms with Crippen LogP contribution in [0.15, 0.2) is 29.4 Å². The molecular formula is C18H23ClN4O2. The van der Waals surface area contributed by atoms with Gasteiger partial charge in [0.25, 0.3) is 0 Å². The van der Waals surface area contributed by atoms with E-state index in [2.05, 4.69) is 10.3 Å². The molecule has 7 heteroatoms. The van der Waals surface area contributed by atoms with E-state index in [0.29, 0.717) is 24.0 Å². The molecule has 0 aliphatic carbocycles. The lowest BCUT2D eigenvalue weighted by Crippen LogP contribution is -2.62. The molecule has 4 rings (SSSR count). The molecule has 3 atom stereocenters. The Hall–Kier alpha value is -1.63. The molecule has 0 bridgehead atoms. The summed E-state index contributed by atoms with van der Waals surface area (Å²) in [6.07, 6.45) is 1.74. The summed E-state index contributed by atoms with van der Waals surface area (Å²) in [6, 6.07) is 7.72. The van der Waals surface area contributed by atoms with Crippen molar-refractivity contribution in [2.45, 2.75) is 25.0 Å². The number of carbonyl (C=O) groups is 1. The zero-order valence-corrected chi connectivity index (χ0v) is 15.1. The number of methoxy groups -OCH3 is 1. The number of hydrazone groups is 1. The van der Waals surface area contributed by atoms with Gasteiger partial charge in [0.2, 0.25) is 5.91 Å². The van der Waals surface area contributed by atoms with Gasteiger partial charge < -0.3 is 9.64 Å². The number of halogens is 1. The largest absolute Gasteiger partial charge is 0.384 e. The van der Waals surface area contributed by atoms with E-state index in [1.807, 2.05) is 29.2 Å². The van der Waals surface area contributed by atoms with Crippen LogP contribution in [0.3, 0.4) is 0 Å². The van der Waals surface area contributed by atoms with Crippen LogP contribution >= 0.6 is 11.6 Å². The number of hydrogen-bond acceptors (Lipinski definition) is 5. The molecule has 25 heavy (non-hydrogen) atoms. The topological polar surface area (TPSA) is 57.2 Å². The Morgan fingerprint density at radius 1 is 1.36 bits per heavy atom. The second-order valence-corrected chi connectivity index (χ2v) is 7.33. The average molecular weight is 363 g/mol. The fourth-order valence-corrected chi connectivity index (χ4v) is 4.03. The lowest BCUT2D eigenvalue weighted by Gasteiger charge is -2.42. The van der Waals surface area contributed by atoms with E-state index in [4.69, 9.17) is 21.4 Å². The molecule has 1 aromatic carbocycles. The monoisotopic (exact) mass is 362 g/mol. The molecule has 1 amide bonds. The van der Waals surface area contributed by atoms with Crippen LogP contribution in [-0.4, -0.2) is 67.1 Å². The Bertz CT molecular complexity index is 678. The van der Waals surface area contributed by atoms with Crippen molar-refractivity contribution in [2.24, 2.45) is 11.0 Å². The minimum atomic E-state index is 0.00164. The van der Waals surface area contributed by atoms with Crippen LogP contribution in [0.1, 0.15) is 18.4 Å². The van der Waals surface area contributed by atoms with Gasteiger partial charge in [-0.25, -0.2) is 0 Å². The number of rotatable bonds is 5. The quantitative estimate of drug-likeness (QED) is 0.863. The van der Waals surface area contributed by atoms with E-state index in [-0.39, 0.29) is 18.1 Å². The summed E-state index contributed by atoms with van der Waals surface area (Å²) in [5.74, 6) is 0.650. The number of amides is 1. The van der Waals surface area contributed by atoms with Gasteiger partial charge in [-0.15, -0.1) is 0 Å². The third kappa shape index (κ3) is 3.14. The SMILES string of the molecule is COCC1CNC1N1CC(N2CCCC2=O)C(c2ccc(Cl)cc2)=N1. The van der Waals surface area contributed by atoms with Crippen molar-refractivity contribution < 1.29 is 9.53 Å². The van der Waals surface area contributed by atoms with Crippen molar-refractivity contribution in [3.8, 4) is 0 Å². The predicted molar refractivity (Wildman–Crippen MR) is 96.6 cm³/mol. The first kappa shape index (κ1) is 16.8.